The third kappa shape index (κ3) is 8.01. The number of hydrogen-bond donors (Lipinski definition) is 7. The summed E-state index contributed by atoms with van der Waals surface area (Å²) in [5, 5.41) is 49.9. The standard InChI is InChI=1S/C38H40N10O8S/c39-57(53,54)27-13-7-12-24(16-27)42-38(52)43-25-14-15-47(19-25)37-44-34(40-18-28(22-8-3-1-4-9-22)23-10-5-2-6-11-23)30-35(45-37)48(21-41-30)36-32(51)31(50)33(55-36)29-17-26(20-49)46-56-29/h1-13,16-17,21,25,28,31-33,36,49-51H,14-15,18-20H2,(H2,39,53,54)(H,40,44,45)(H2,42,43,52). The van der Waals surface area contributed by atoms with E-state index < -0.39 is 40.6 Å². The number of fused-ring (bicyclic) bond motifs is 1. The van der Waals surface area contributed by atoms with Gasteiger partial charge >= 0.3 is 6.03 Å². The van der Waals surface area contributed by atoms with Crippen molar-refractivity contribution >= 4 is 44.7 Å². The Bertz CT molecular complexity index is 2430. The third-order valence-corrected chi connectivity index (χ3v) is 11.0. The van der Waals surface area contributed by atoms with Crippen LogP contribution in [0.5, 0.6) is 0 Å². The first-order valence-corrected chi connectivity index (χ1v) is 19.7. The number of anilines is 3. The molecule has 5 atom stereocenters. The first kappa shape index (κ1) is 37.9. The van der Waals surface area contributed by atoms with Crippen molar-refractivity contribution in [2.45, 2.75) is 54.4 Å². The lowest BCUT2D eigenvalue weighted by molar-refractivity contribution is -0.0434. The van der Waals surface area contributed by atoms with Gasteiger partial charge in [-0.15, -0.1) is 0 Å². The number of imidazole rings is 1. The number of nitrogens with zero attached hydrogens (tertiary/aromatic N) is 6. The minimum atomic E-state index is -3.96. The quantitative estimate of drug-likeness (QED) is 0.0940. The minimum absolute atomic E-state index is 0.0610. The second kappa shape index (κ2) is 15.9. The van der Waals surface area contributed by atoms with Gasteiger partial charge in [0.05, 0.1) is 17.8 Å². The fourth-order valence-corrected chi connectivity index (χ4v) is 7.74. The molecule has 5 unspecified atom stereocenters. The summed E-state index contributed by atoms with van der Waals surface area (Å²) in [5.41, 5.74) is 3.40. The van der Waals surface area contributed by atoms with Gasteiger partial charge in [-0.2, -0.15) is 9.97 Å². The number of carbonyl (C=O) groups excluding carboxylic acids is 1. The number of primary sulfonamides is 1. The van der Waals surface area contributed by atoms with Gasteiger partial charge in [0.25, 0.3) is 0 Å². The fraction of sp³-hybridized carbons (Fsp3) is 0.289. The van der Waals surface area contributed by atoms with Gasteiger partial charge in [0.1, 0.15) is 24.0 Å². The molecule has 2 aliphatic rings. The number of nitrogens with two attached hydrogens (primary N) is 1. The Morgan fingerprint density at radius 1 is 0.965 bits per heavy atom. The predicted molar refractivity (Wildman–Crippen MR) is 206 cm³/mol. The minimum Gasteiger partial charge on any atom is -0.390 e. The number of ether oxygens (including phenoxy) is 1. The Labute approximate surface area is 326 Å². The molecule has 3 aromatic heterocycles. The number of urea groups is 1. The molecule has 0 bridgehead atoms. The van der Waals surface area contributed by atoms with Crippen molar-refractivity contribution in [3.63, 3.8) is 0 Å². The lowest BCUT2D eigenvalue weighted by Crippen LogP contribution is -2.40. The molecule has 18 nitrogen and oxygen atoms in total. The highest BCUT2D eigenvalue weighted by molar-refractivity contribution is 7.89. The van der Waals surface area contributed by atoms with Crippen LogP contribution in [0.4, 0.5) is 22.2 Å². The molecule has 6 aromatic rings. The van der Waals surface area contributed by atoms with Crippen LogP contribution in [-0.4, -0.2) is 92.3 Å². The van der Waals surface area contributed by atoms with E-state index in [1.165, 1.54) is 35.2 Å². The van der Waals surface area contributed by atoms with Crippen LogP contribution in [0, 0.1) is 0 Å². The number of aliphatic hydroxyl groups is 3. The van der Waals surface area contributed by atoms with Gasteiger partial charge in [-0.05, 0) is 35.7 Å². The zero-order valence-corrected chi connectivity index (χ0v) is 31.1. The Kier molecular flexibility index (Phi) is 10.6. The molecule has 3 aromatic carbocycles. The molecule has 2 amide bonds. The van der Waals surface area contributed by atoms with Crippen LogP contribution in [0.2, 0.25) is 0 Å². The highest BCUT2D eigenvalue weighted by Crippen LogP contribution is 2.41. The summed E-state index contributed by atoms with van der Waals surface area (Å²) in [4.78, 5) is 29.3. The molecule has 0 spiro atoms. The lowest BCUT2D eigenvalue weighted by Gasteiger charge is -2.22. The SMILES string of the molecule is NS(=O)(=O)c1cccc(NC(=O)NC2CCN(c3nc(NCC(c4ccccc4)c4ccccc4)c4ncn(C5OC(c6cc(CO)no6)C(O)C5O)c4n3)C2)c1. The fourth-order valence-electron chi connectivity index (χ4n) is 7.18. The van der Waals surface area contributed by atoms with Crippen molar-refractivity contribution in [1.82, 2.24) is 30.0 Å². The van der Waals surface area contributed by atoms with Crippen molar-refractivity contribution in [2.75, 3.05) is 35.2 Å². The van der Waals surface area contributed by atoms with Crippen molar-refractivity contribution < 1.29 is 37.8 Å². The van der Waals surface area contributed by atoms with Crippen LogP contribution in [-0.2, 0) is 21.4 Å². The van der Waals surface area contributed by atoms with E-state index in [0.29, 0.717) is 49.0 Å². The maximum atomic E-state index is 13.0. The summed E-state index contributed by atoms with van der Waals surface area (Å²) in [6.45, 7) is 0.874. The molecule has 19 heteroatoms. The molecule has 2 aliphatic heterocycles. The first-order valence-electron chi connectivity index (χ1n) is 18.2. The van der Waals surface area contributed by atoms with Crippen molar-refractivity contribution in [3.05, 3.63) is 120 Å². The molecule has 0 aliphatic carbocycles. The Morgan fingerprint density at radius 2 is 1.70 bits per heavy atom. The monoisotopic (exact) mass is 796 g/mol. The normalized spacial score (nSPS) is 21.0. The molecule has 2 saturated heterocycles. The number of sulfonamides is 1. The number of hydrogen-bond acceptors (Lipinski definition) is 14. The van der Waals surface area contributed by atoms with Gasteiger partial charge in [-0.1, -0.05) is 71.9 Å². The van der Waals surface area contributed by atoms with Gasteiger partial charge in [-0.3, -0.25) is 4.57 Å². The highest BCUT2D eigenvalue weighted by Gasteiger charge is 2.47. The number of nitrogens with one attached hydrogen (secondary N) is 3. The Hall–Kier alpha value is -5.96. The van der Waals surface area contributed by atoms with Crippen LogP contribution in [0.1, 0.15) is 47.3 Å². The molecular weight excluding hydrogens is 757 g/mol. The predicted octanol–water partition coefficient (Wildman–Crippen LogP) is 2.59. The maximum Gasteiger partial charge on any atom is 0.319 e. The highest BCUT2D eigenvalue weighted by atomic mass is 32.2. The van der Waals surface area contributed by atoms with E-state index in [0.717, 1.165) is 11.1 Å². The molecule has 0 radical (unpaired) electrons. The summed E-state index contributed by atoms with van der Waals surface area (Å²) in [6, 6.07) is 26.4. The molecule has 8 rings (SSSR count). The topological polar surface area (TPSA) is 256 Å². The summed E-state index contributed by atoms with van der Waals surface area (Å²) in [5.74, 6) is 0.816. The summed E-state index contributed by atoms with van der Waals surface area (Å²) in [7, 11) is -3.96. The van der Waals surface area contributed by atoms with Gasteiger partial charge < -0.3 is 45.4 Å². The van der Waals surface area contributed by atoms with Gasteiger partial charge in [0, 0.05) is 43.3 Å². The van der Waals surface area contributed by atoms with Gasteiger partial charge in [0.2, 0.25) is 16.0 Å². The van der Waals surface area contributed by atoms with Crippen LogP contribution in [0.25, 0.3) is 11.2 Å². The molecule has 0 saturated carbocycles. The number of carbonyl (C=O) groups is 1. The van der Waals surface area contributed by atoms with E-state index in [4.69, 9.17) is 24.4 Å². The van der Waals surface area contributed by atoms with Gasteiger partial charge in [-0.25, -0.2) is 23.3 Å². The summed E-state index contributed by atoms with van der Waals surface area (Å²) < 4.78 is 36.6. The third-order valence-electron chi connectivity index (χ3n) is 10.0. The number of rotatable bonds is 12. The molecule has 5 heterocycles. The Morgan fingerprint density at radius 3 is 2.39 bits per heavy atom. The summed E-state index contributed by atoms with van der Waals surface area (Å²) >= 11 is 0. The van der Waals surface area contributed by atoms with Crippen molar-refractivity contribution in [1.29, 1.82) is 0 Å². The van der Waals surface area contributed by atoms with E-state index in [1.54, 1.807) is 6.07 Å². The lowest BCUT2D eigenvalue weighted by atomic mass is 9.91. The molecule has 2 fully saturated rings. The van der Waals surface area contributed by atoms with E-state index in [1.807, 2.05) is 41.3 Å². The molecule has 296 valence electrons. The van der Waals surface area contributed by atoms with Crippen molar-refractivity contribution in [3.8, 4) is 0 Å². The number of aliphatic hydroxyl groups excluding tert-OH is 3. The van der Waals surface area contributed by atoms with E-state index >= 15 is 0 Å². The molecule has 57 heavy (non-hydrogen) atoms. The number of benzene rings is 3. The second-order valence-corrected chi connectivity index (χ2v) is 15.4. The summed E-state index contributed by atoms with van der Waals surface area (Å²) in [6.07, 6.45) is -3.04. The first-order chi connectivity index (χ1) is 27.6. The Balaban J connectivity index is 1.08. The van der Waals surface area contributed by atoms with Crippen LogP contribution in [0.3, 0.4) is 0 Å². The van der Waals surface area contributed by atoms with Crippen LogP contribution in [0.15, 0.2) is 107 Å². The second-order valence-electron chi connectivity index (χ2n) is 13.9. The van der Waals surface area contributed by atoms with Gasteiger partial charge in [0.15, 0.2) is 29.0 Å². The van der Waals surface area contributed by atoms with E-state index in [9.17, 15) is 28.5 Å². The van der Waals surface area contributed by atoms with E-state index in [-0.39, 0.29) is 40.6 Å². The largest absolute Gasteiger partial charge is 0.390 e. The number of aromatic nitrogens is 5. The number of amides is 2. The average Bonchev–Trinajstić information content (AvgIpc) is 4.03. The average molecular weight is 797 g/mol. The zero-order chi connectivity index (χ0) is 39.7. The maximum absolute atomic E-state index is 13.0. The van der Waals surface area contributed by atoms with Crippen LogP contribution >= 0.6 is 0 Å². The zero-order valence-electron chi connectivity index (χ0n) is 30.3. The molecular formula is C38H40N10O8S. The smallest absolute Gasteiger partial charge is 0.319 e. The molecule has 8 N–H and O–H groups in total. The van der Waals surface area contributed by atoms with Crippen molar-refractivity contribution in [2.24, 2.45) is 5.14 Å². The van der Waals surface area contributed by atoms with E-state index in [2.05, 4.69) is 50.4 Å². The van der Waals surface area contributed by atoms with Crippen LogP contribution < -0.4 is 26.0 Å².